The number of aromatic nitrogens is 1. The van der Waals surface area contributed by atoms with Crippen LogP contribution in [0.4, 0.5) is 5.69 Å². The summed E-state index contributed by atoms with van der Waals surface area (Å²) < 4.78 is 27.2. The molecule has 0 atom stereocenters. The van der Waals surface area contributed by atoms with Crippen LogP contribution in [0.3, 0.4) is 0 Å². The number of halogens is 2. The molecule has 2 aromatic rings. The molecule has 0 radical (unpaired) electrons. The maximum absolute atomic E-state index is 12.1. The van der Waals surface area contributed by atoms with Crippen molar-refractivity contribution in [3.05, 3.63) is 52.2 Å². The molecule has 1 N–H and O–H groups in total. The molecule has 0 fully saturated rings. The maximum Gasteiger partial charge on any atom is 0.265 e. The lowest BCUT2D eigenvalue weighted by molar-refractivity contribution is 0.601. The van der Waals surface area contributed by atoms with Crippen LogP contribution in [0, 0.1) is 0 Å². The van der Waals surface area contributed by atoms with Gasteiger partial charge in [-0.25, -0.2) is 13.4 Å². The van der Waals surface area contributed by atoms with E-state index in [2.05, 4.69) is 25.6 Å². The van der Waals surface area contributed by atoms with Crippen molar-refractivity contribution in [3.8, 4) is 0 Å². The first-order chi connectivity index (χ1) is 8.49. The number of para-hydroxylation sites is 1. The van der Waals surface area contributed by atoms with Crippen LogP contribution < -0.4 is 4.72 Å². The van der Waals surface area contributed by atoms with Crippen LogP contribution in [-0.2, 0) is 10.0 Å². The predicted molar refractivity (Wildman–Crippen MR) is 74.2 cm³/mol. The normalized spacial score (nSPS) is 11.2. The number of anilines is 1. The van der Waals surface area contributed by atoms with Gasteiger partial charge in [-0.1, -0.05) is 29.8 Å². The average molecular weight is 348 g/mol. The van der Waals surface area contributed by atoms with Crippen molar-refractivity contribution in [1.82, 2.24) is 4.98 Å². The first kappa shape index (κ1) is 13.3. The Hall–Kier alpha value is -1.11. The van der Waals surface area contributed by atoms with E-state index in [1.54, 1.807) is 30.3 Å². The SMILES string of the molecule is O=S(=O)(Nc1ccccc1)c1cc(Br)cnc1Cl. The Kier molecular flexibility index (Phi) is 3.89. The summed E-state index contributed by atoms with van der Waals surface area (Å²) in [5.41, 5.74) is 0.466. The van der Waals surface area contributed by atoms with Gasteiger partial charge in [0.15, 0.2) is 0 Å². The molecule has 1 aromatic heterocycles. The summed E-state index contributed by atoms with van der Waals surface area (Å²) in [6.45, 7) is 0. The summed E-state index contributed by atoms with van der Waals surface area (Å²) in [4.78, 5) is 3.72. The third kappa shape index (κ3) is 3.01. The topological polar surface area (TPSA) is 59.1 Å². The molecule has 1 heterocycles. The Balaban J connectivity index is 2.40. The zero-order valence-corrected chi connectivity index (χ0v) is 12.1. The second-order valence-corrected chi connectivity index (χ2v) is 6.34. The Morgan fingerprint density at radius 2 is 1.89 bits per heavy atom. The number of pyridine rings is 1. The highest BCUT2D eigenvalue weighted by Gasteiger charge is 2.19. The zero-order valence-electron chi connectivity index (χ0n) is 8.97. The molecule has 0 bridgehead atoms. The van der Waals surface area contributed by atoms with Gasteiger partial charge in [0.25, 0.3) is 10.0 Å². The second kappa shape index (κ2) is 5.26. The van der Waals surface area contributed by atoms with Crippen LogP contribution in [0.25, 0.3) is 0 Å². The van der Waals surface area contributed by atoms with Crippen LogP contribution in [-0.4, -0.2) is 13.4 Å². The molecule has 0 spiro atoms. The Labute approximate surface area is 118 Å². The van der Waals surface area contributed by atoms with Crippen LogP contribution in [0.15, 0.2) is 52.0 Å². The van der Waals surface area contributed by atoms with E-state index in [-0.39, 0.29) is 10.0 Å². The van der Waals surface area contributed by atoms with Gasteiger partial charge < -0.3 is 0 Å². The van der Waals surface area contributed by atoms with Gasteiger partial charge in [-0.15, -0.1) is 0 Å². The van der Waals surface area contributed by atoms with Gasteiger partial charge >= 0.3 is 0 Å². The molecule has 0 aliphatic rings. The van der Waals surface area contributed by atoms with E-state index in [9.17, 15) is 8.42 Å². The fourth-order valence-electron chi connectivity index (χ4n) is 1.31. The summed E-state index contributed by atoms with van der Waals surface area (Å²) in [6.07, 6.45) is 1.43. The molecule has 0 aliphatic carbocycles. The van der Waals surface area contributed by atoms with Crippen molar-refractivity contribution in [2.24, 2.45) is 0 Å². The Morgan fingerprint density at radius 1 is 1.22 bits per heavy atom. The fraction of sp³-hybridized carbons (Fsp3) is 0. The van der Waals surface area contributed by atoms with Crippen LogP contribution in [0.5, 0.6) is 0 Å². The summed E-state index contributed by atoms with van der Waals surface area (Å²) >= 11 is 8.96. The number of hydrogen-bond acceptors (Lipinski definition) is 3. The average Bonchev–Trinajstić information content (AvgIpc) is 2.33. The molecule has 4 nitrogen and oxygen atoms in total. The highest BCUT2D eigenvalue weighted by Crippen LogP contribution is 2.24. The Bertz CT molecular complexity index is 662. The van der Waals surface area contributed by atoms with Gasteiger partial charge in [-0.3, -0.25) is 4.72 Å². The summed E-state index contributed by atoms with van der Waals surface area (Å²) in [6, 6.07) is 9.97. The van der Waals surface area contributed by atoms with Crippen molar-refractivity contribution in [2.75, 3.05) is 4.72 Å². The lowest BCUT2D eigenvalue weighted by Crippen LogP contribution is -2.13. The van der Waals surface area contributed by atoms with Gasteiger partial charge in [0.2, 0.25) is 0 Å². The molecule has 0 aliphatic heterocycles. The lowest BCUT2D eigenvalue weighted by atomic mass is 10.3. The minimum Gasteiger partial charge on any atom is -0.280 e. The molecule has 0 saturated heterocycles. The van der Waals surface area contributed by atoms with Crippen molar-refractivity contribution >= 4 is 43.2 Å². The smallest absolute Gasteiger partial charge is 0.265 e. The second-order valence-electron chi connectivity index (χ2n) is 3.41. The number of hydrogen-bond donors (Lipinski definition) is 1. The summed E-state index contributed by atoms with van der Waals surface area (Å²) in [7, 11) is -3.74. The van der Waals surface area contributed by atoms with E-state index in [1.807, 2.05) is 0 Å². The van der Waals surface area contributed by atoms with E-state index >= 15 is 0 Å². The maximum atomic E-state index is 12.1. The molecule has 1 aromatic carbocycles. The van der Waals surface area contributed by atoms with Gasteiger partial charge in [-0.2, -0.15) is 0 Å². The van der Waals surface area contributed by atoms with Crippen LogP contribution in [0.2, 0.25) is 5.15 Å². The monoisotopic (exact) mass is 346 g/mol. The van der Waals surface area contributed by atoms with E-state index < -0.39 is 10.0 Å². The van der Waals surface area contributed by atoms with E-state index in [0.29, 0.717) is 10.2 Å². The van der Waals surface area contributed by atoms with Gasteiger partial charge in [-0.05, 0) is 34.1 Å². The minimum atomic E-state index is -3.74. The number of nitrogens with one attached hydrogen (secondary N) is 1. The first-order valence-electron chi connectivity index (χ1n) is 4.88. The molecule has 18 heavy (non-hydrogen) atoms. The number of rotatable bonds is 3. The van der Waals surface area contributed by atoms with Crippen molar-refractivity contribution < 1.29 is 8.42 Å². The highest BCUT2D eigenvalue weighted by molar-refractivity contribution is 9.10. The highest BCUT2D eigenvalue weighted by atomic mass is 79.9. The van der Waals surface area contributed by atoms with E-state index in [1.165, 1.54) is 12.3 Å². The first-order valence-corrected chi connectivity index (χ1v) is 7.53. The standard InChI is InChI=1S/C11H8BrClN2O2S/c12-8-6-10(11(13)14-7-8)18(16,17)15-9-4-2-1-3-5-9/h1-7,15H. The summed E-state index contributed by atoms with van der Waals surface area (Å²) in [5, 5.41) is -0.0679. The van der Waals surface area contributed by atoms with Gasteiger partial charge in [0.05, 0.1) is 0 Å². The summed E-state index contributed by atoms with van der Waals surface area (Å²) in [5.74, 6) is 0. The van der Waals surface area contributed by atoms with Crippen molar-refractivity contribution in [3.63, 3.8) is 0 Å². The third-order valence-corrected chi connectivity index (χ3v) is 4.33. The van der Waals surface area contributed by atoms with Crippen LogP contribution >= 0.6 is 27.5 Å². The quantitative estimate of drug-likeness (QED) is 0.867. The van der Waals surface area contributed by atoms with E-state index in [0.717, 1.165) is 0 Å². The zero-order chi connectivity index (χ0) is 13.2. The molecular formula is C11H8BrClN2O2S. The Morgan fingerprint density at radius 3 is 2.56 bits per heavy atom. The predicted octanol–water partition coefficient (Wildman–Crippen LogP) is 3.30. The van der Waals surface area contributed by atoms with Gasteiger partial charge in [0.1, 0.15) is 10.0 Å². The van der Waals surface area contributed by atoms with Gasteiger partial charge in [0, 0.05) is 16.4 Å². The molecular weight excluding hydrogens is 340 g/mol. The minimum absolute atomic E-state index is 0.0672. The third-order valence-electron chi connectivity index (χ3n) is 2.09. The van der Waals surface area contributed by atoms with Crippen molar-refractivity contribution in [2.45, 2.75) is 4.90 Å². The molecule has 0 saturated carbocycles. The number of nitrogens with zero attached hydrogens (tertiary/aromatic N) is 1. The largest absolute Gasteiger partial charge is 0.280 e. The molecule has 0 unspecified atom stereocenters. The fourth-order valence-corrected chi connectivity index (χ4v) is 3.31. The van der Waals surface area contributed by atoms with E-state index in [4.69, 9.17) is 11.6 Å². The molecule has 0 amide bonds. The van der Waals surface area contributed by atoms with Crippen molar-refractivity contribution in [1.29, 1.82) is 0 Å². The molecule has 94 valence electrons. The molecule has 2 rings (SSSR count). The number of benzene rings is 1. The van der Waals surface area contributed by atoms with Crippen LogP contribution in [0.1, 0.15) is 0 Å². The number of sulfonamides is 1. The lowest BCUT2D eigenvalue weighted by Gasteiger charge is -2.09. The molecule has 7 heteroatoms.